The summed E-state index contributed by atoms with van der Waals surface area (Å²) in [5.74, 6) is 0.988. The van der Waals surface area contributed by atoms with Gasteiger partial charge in [-0.05, 0) is 19.5 Å². The summed E-state index contributed by atoms with van der Waals surface area (Å²) in [7, 11) is 2.15. The van der Waals surface area contributed by atoms with Gasteiger partial charge in [0.15, 0.2) is 5.96 Å². The van der Waals surface area contributed by atoms with Crippen molar-refractivity contribution >= 4 is 29.9 Å². The topological polar surface area (TPSA) is 52.6 Å². The zero-order valence-corrected chi connectivity index (χ0v) is 20.5. The fourth-order valence-corrected chi connectivity index (χ4v) is 4.54. The number of aliphatic imine (C=N–C) groups is 1. The van der Waals surface area contributed by atoms with Crippen molar-refractivity contribution < 1.29 is 9.47 Å². The average molecular weight is 529 g/mol. The van der Waals surface area contributed by atoms with Crippen LogP contribution in [0.15, 0.2) is 35.3 Å². The van der Waals surface area contributed by atoms with Crippen LogP contribution >= 0.6 is 24.0 Å². The highest BCUT2D eigenvalue weighted by molar-refractivity contribution is 14.0. The third-order valence-corrected chi connectivity index (χ3v) is 6.07. The van der Waals surface area contributed by atoms with Gasteiger partial charge in [-0.15, -0.1) is 24.0 Å². The van der Waals surface area contributed by atoms with Crippen LogP contribution in [0.4, 0.5) is 0 Å². The Morgan fingerprint density at radius 2 is 1.90 bits per heavy atom. The van der Waals surface area contributed by atoms with Crippen LogP contribution in [0.1, 0.15) is 12.5 Å². The Labute approximate surface area is 197 Å². The molecular weight excluding hydrogens is 493 g/mol. The lowest BCUT2D eigenvalue weighted by Crippen LogP contribution is -2.50. The first-order chi connectivity index (χ1) is 14.2. The fraction of sp³-hybridized carbons (Fsp3) is 0.682. The number of hydrogen-bond donors (Lipinski definition) is 1. The molecule has 1 N–H and O–H groups in total. The molecule has 1 aromatic carbocycles. The number of morpholine rings is 2. The molecular formula is C22H36IN5O2. The van der Waals surface area contributed by atoms with Gasteiger partial charge in [-0.1, -0.05) is 30.3 Å². The summed E-state index contributed by atoms with van der Waals surface area (Å²) in [5, 5.41) is 3.48. The first-order valence-electron chi connectivity index (χ1n) is 11.0. The van der Waals surface area contributed by atoms with E-state index in [1.165, 1.54) is 5.56 Å². The van der Waals surface area contributed by atoms with E-state index < -0.39 is 0 Å². The van der Waals surface area contributed by atoms with Gasteiger partial charge in [0.1, 0.15) is 0 Å². The van der Waals surface area contributed by atoms with Crippen molar-refractivity contribution in [1.82, 2.24) is 20.0 Å². The predicted octanol–water partition coefficient (Wildman–Crippen LogP) is 1.49. The number of guanidine groups is 1. The number of benzene rings is 1. The molecule has 0 spiro atoms. The molecule has 0 aromatic heterocycles. The van der Waals surface area contributed by atoms with E-state index in [0.717, 1.165) is 65.0 Å². The highest BCUT2D eigenvalue weighted by Crippen LogP contribution is 2.24. The van der Waals surface area contributed by atoms with E-state index in [-0.39, 0.29) is 36.2 Å². The van der Waals surface area contributed by atoms with Crippen LogP contribution in [-0.2, 0) is 16.0 Å². The smallest absolute Gasteiger partial charge is 0.194 e. The maximum absolute atomic E-state index is 6.14. The Hall–Kier alpha value is -0.940. The molecule has 3 unspecified atom stereocenters. The highest BCUT2D eigenvalue weighted by Gasteiger charge is 2.41. The quantitative estimate of drug-likeness (QED) is 0.355. The number of ether oxygens (including phenoxy) is 2. The molecule has 4 rings (SSSR count). The SMILES string of the molecule is CCNC(=NCC1CN(C)CCO1)N1CC2OCCN(Cc3ccccc3)C2C1.I. The molecule has 30 heavy (non-hydrogen) atoms. The molecule has 3 atom stereocenters. The summed E-state index contributed by atoms with van der Waals surface area (Å²) in [6.07, 6.45) is 0.423. The summed E-state index contributed by atoms with van der Waals surface area (Å²) >= 11 is 0. The number of rotatable bonds is 5. The number of halogens is 1. The Balaban J connectivity index is 0.00000256. The zero-order valence-electron chi connectivity index (χ0n) is 18.2. The van der Waals surface area contributed by atoms with E-state index in [4.69, 9.17) is 14.5 Å². The van der Waals surface area contributed by atoms with Crippen LogP contribution < -0.4 is 5.32 Å². The van der Waals surface area contributed by atoms with Crippen molar-refractivity contribution in [3.8, 4) is 0 Å². The van der Waals surface area contributed by atoms with Crippen LogP contribution in [0, 0.1) is 0 Å². The van der Waals surface area contributed by atoms with Gasteiger partial charge < -0.3 is 24.6 Å². The van der Waals surface area contributed by atoms with E-state index in [9.17, 15) is 0 Å². The molecule has 0 bridgehead atoms. The predicted molar refractivity (Wildman–Crippen MR) is 131 cm³/mol. The van der Waals surface area contributed by atoms with Crippen LogP contribution in [0.5, 0.6) is 0 Å². The molecule has 3 saturated heterocycles. The van der Waals surface area contributed by atoms with E-state index in [1.54, 1.807) is 0 Å². The summed E-state index contributed by atoms with van der Waals surface area (Å²) in [6.45, 7) is 11.1. The van der Waals surface area contributed by atoms with Gasteiger partial charge >= 0.3 is 0 Å². The molecule has 0 amide bonds. The first kappa shape index (κ1) is 23.7. The van der Waals surface area contributed by atoms with Crippen LogP contribution in [0.3, 0.4) is 0 Å². The van der Waals surface area contributed by atoms with Crippen molar-refractivity contribution in [2.45, 2.75) is 31.7 Å². The lowest BCUT2D eigenvalue weighted by atomic mass is 10.1. The van der Waals surface area contributed by atoms with Crippen molar-refractivity contribution in [3.05, 3.63) is 35.9 Å². The highest BCUT2D eigenvalue weighted by atomic mass is 127. The number of likely N-dealkylation sites (tertiary alicyclic amines) is 1. The summed E-state index contributed by atoms with van der Waals surface area (Å²) in [6, 6.07) is 11.2. The number of fused-ring (bicyclic) bond motifs is 1. The standard InChI is InChI=1S/C22H35N5O2.HI/c1-3-23-22(24-13-19-15-25(2)9-11-28-19)27-16-20-21(17-27)29-12-10-26(20)14-18-7-5-4-6-8-18;/h4-8,19-21H,3,9-17H2,1-2H3,(H,23,24);1H. The second-order valence-corrected chi connectivity index (χ2v) is 8.29. The maximum atomic E-state index is 6.14. The lowest BCUT2D eigenvalue weighted by molar-refractivity contribution is -0.0502. The normalized spacial score (nSPS) is 28.1. The van der Waals surface area contributed by atoms with Crippen LogP contribution in [0.2, 0.25) is 0 Å². The second-order valence-electron chi connectivity index (χ2n) is 8.29. The molecule has 3 aliphatic heterocycles. The van der Waals surface area contributed by atoms with Crippen LogP contribution in [0.25, 0.3) is 0 Å². The largest absolute Gasteiger partial charge is 0.374 e. The average Bonchev–Trinajstić information content (AvgIpc) is 3.17. The molecule has 168 valence electrons. The maximum Gasteiger partial charge on any atom is 0.194 e. The molecule has 0 radical (unpaired) electrons. The number of hydrogen-bond acceptors (Lipinski definition) is 5. The molecule has 0 aliphatic carbocycles. The Morgan fingerprint density at radius 1 is 1.10 bits per heavy atom. The first-order valence-corrected chi connectivity index (χ1v) is 11.0. The van der Waals surface area contributed by atoms with Gasteiger partial charge in [-0.3, -0.25) is 9.89 Å². The minimum atomic E-state index is 0. The minimum Gasteiger partial charge on any atom is -0.374 e. The van der Waals surface area contributed by atoms with Gasteiger partial charge in [-0.2, -0.15) is 0 Å². The van der Waals surface area contributed by atoms with Gasteiger partial charge in [0.2, 0.25) is 0 Å². The van der Waals surface area contributed by atoms with E-state index in [0.29, 0.717) is 12.6 Å². The Bertz CT molecular complexity index is 677. The molecule has 8 heteroatoms. The van der Waals surface area contributed by atoms with Gasteiger partial charge in [0.25, 0.3) is 0 Å². The van der Waals surface area contributed by atoms with Crippen molar-refractivity contribution in [1.29, 1.82) is 0 Å². The number of likely N-dealkylation sites (N-methyl/N-ethyl adjacent to an activating group) is 1. The van der Waals surface area contributed by atoms with E-state index in [2.05, 4.69) is 64.3 Å². The van der Waals surface area contributed by atoms with Gasteiger partial charge in [-0.25, -0.2) is 0 Å². The summed E-state index contributed by atoms with van der Waals surface area (Å²) < 4.78 is 12.0. The van der Waals surface area contributed by atoms with E-state index >= 15 is 0 Å². The molecule has 3 fully saturated rings. The third-order valence-electron chi connectivity index (χ3n) is 6.07. The molecule has 7 nitrogen and oxygen atoms in total. The van der Waals surface area contributed by atoms with E-state index in [1.807, 2.05) is 0 Å². The molecule has 3 heterocycles. The Morgan fingerprint density at radius 3 is 2.67 bits per heavy atom. The number of nitrogens with one attached hydrogen (secondary N) is 1. The molecule has 3 aliphatic rings. The Kier molecular flexibility index (Phi) is 9.18. The van der Waals surface area contributed by atoms with Gasteiger partial charge in [0, 0.05) is 45.8 Å². The lowest BCUT2D eigenvalue weighted by Gasteiger charge is -2.36. The minimum absolute atomic E-state index is 0. The number of nitrogens with zero attached hydrogens (tertiary/aromatic N) is 4. The second kappa shape index (κ2) is 11.6. The van der Waals surface area contributed by atoms with Gasteiger partial charge in [0.05, 0.1) is 38.0 Å². The monoisotopic (exact) mass is 529 g/mol. The fourth-order valence-electron chi connectivity index (χ4n) is 4.54. The molecule has 0 saturated carbocycles. The molecule has 1 aromatic rings. The zero-order chi connectivity index (χ0) is 20.1. The summed E-state index contributed by atoms with van der Waals surface area (Å²) in [4.78, 5) is 12.2. The third kappa shape index (κ3) is 6.06. The summed E-state index contributed by atoms with van der Waals surface area (Å²) in [5.41, 5.74) is 1.37. The van der Waals surface area contributed by atoms with Crippen molar-refractivity contribution in [3.63, 3.8) is 0 Å². The van der Waals surface area contributed by atoms with Crippen molar-refractivity contribution in [2.24, 2.45) is 4.99 Å². The van der Waals surface area contributed by atoms with Crippen molar-refractivity contribution in [2.75, 3.05) is 66.1 Å². The van der Waals surface area contributed by atoms with Crippen LogP contribution in [-0.4, -0.2) is 105 Å².